The highest BCUT2D eigenvalue weighted by molar-refractivity contribution is 5.91. The molecule has 0 aliphatic heterocycles. The number of rotatable bonds is 2. The van der Waals surface area contributed by atoms with E-state index in [1.165, 1.54) is 19.1 Å². The Hall–Kier alpha value is -1.45. The number of hydrogen-bond donors (Lipinski definition) is 1. The quantitative estimate of drug-likeness (QED) is 0.770. The summed E-state index contributed by atoms with van der Waals surface area (Å²) in [6.07, 6.45) is -2.74. The molecule has 0 amide bonds. The summed E-state index contributed by atoms with van der Waals surface area (Å²) < 4.78 is 24.6. The Morgan fingerprint density at radius 3 is 2.46 bits per heavy atom. The van der Waals surface area contributed by atoms with E-state index in [0.29, 0.717) is 5.56 Å². The zero-order valence-corrected chi connectivity index (χ0v) is 6.92. The number of aromatic carboxylic acids is 1. The maximum atomic E-state index is 12.3. The van der Waals surface area contributed by atoms with Crippen molar-refractivity contribution in [2.24, 2.45) is 0 Å². The molecule has 0 saturated carbocycles. The smallest absolute Gasteiger partial charge is 0.336 e. The Bertz CT molecular complexity index is 334. The maximum Gasteiger partial charge on any atom is 0.336 e. The molecule has 0 fully saturated rings. The lowest BCUT2D eigenvalue weighted by atomic mass is 10.0. The Morgan fingerprint density at radius 2 is 2.08 bits per heavy atom. The molecular formula is C9H8F2O2. The van der Waals surface area contributed by atoms with Gasteiger partial charge in [0, 0.05) is 5.56 Å². The van der Waals surface area contributed by atoms with Crippen molar-refractivity contribution in [2.75, 3.05) is 0 Å². The van der Waals surface area contributed by atoms with Crippen molar-refractivity contribution >= 4 is 5.97 Å². The van der Waals surface area contributed by atoms with Crippen molar-refractivity contribution in [1.29, 1.82) is 0 Å². The van der Waals surface area contributed by atoms with Crippen molar-refractivity contribution in [3.63, 3.8) is 0 Å². The minimum atomic E-state index is -2.74. The van der Waals surface area contributed by atoms with Crippen LogP contribution in [0.4, 0.5) is 8.78 Å². The van der Waals surface area contributed by atoms with E-state index < -0.39 is 18.0 Å². The number of aryl methyl sites for hydroxylation is 1. The first kappa shape index (κ1) is 9.64. The van der Waals surface area contributed by atoms with Crippen LogP contribution in [0.3, 0.4) is 0 Å². The molecule has 0 atom stereocenters. The predicted octanol–water partition coefficient (Wildman–Crippen LogP) is 2.63. The summed E-state index contributed by atoms with van der Waals surface area (Å²) in [5.41, 5.74) is -0.365. The molecule has 1 N–H and O–H groups in total. The van der Waals surface area contributed by atoms with Gasteiger partial charge in [0.2, 0.25) is 0 Å². The molecule has 13 heavy (non-hydrogen) atoms. The van der Waals surface area contributed by atoms with Gasteiger partial charge in [-0.25, -0.2) is 13.6 Å². The minimum absolute atomic E-state index is 0.294. The second-order valence-electron chi connectivity index (χ2n) is 2.64. The van der Waals surface area contributed by atoms with Crippen LogP contribution in [0.25, 0.3) is 0 Å². The molecule has 0 bridgehead atoms. The molecule has 0 spiro atoms. The third-order valence-electron chi connectivity index (χ3n) is 1.75. The van der Waals surface area contributed by atoms with E-state index in [4.69, 9.17) is 5.11 Å². The van der Waals surface area contributed by atoms with Crippen LogP contribution in [0.2, 0.25) is 0 Å². The highest BCUT2D eigenvalue weighted by Crippen LogP contribution is 2.24. The van der Waals surface area contributed by atoms with Gasteiger partial charge in [0.15, 0.2) is 0 Å². The standard InChI is InChI=1S/C9H8F2O2/c1-5-3-2-4-6(8(10)11)7(5)9(12)13/h2-4,8H,1H3,(H,12,13). The molecular weight excluding hydrogens is 178 g/mol. The molecule has 0 aliphatic carbocycles. The number of alkyl halides is 2. The summed E-state index contributed by atoms with van der Waals surface area (Å²) >= 11 is 0. The van der Waals surface area contributed by atoms with Gasteiger partial charge in [0.25, 0.3) is 6.43 Å². The Kier molecular flexibility index (Phi) is 2.60. The number of hydrogen-bond acceptors (Lipinski definition) is 1. The van der Waals surface area contributed by atoms with E-state index in [1.54, 1.807) is 0 Å². The SMILES string of the molecule is Cc1cccc(C(F)F)c1C(=O)O. The average molecular weight is 186 g/mol. The van der Waals surface area contributed by atoms with Crippen molar-refractivity contribution < 1.29 is 18.7 Å². The molecule has 2 nitrogen and oxygen atoms in total. The molecule has 4 heteroatoms. The molecule has 0 radical (unpaired) electrons. The Labute approximate surface area is 73.8 Å². The van der Waals surface area contributed by atoms with Crippen LogP contribution in [0.15, 0.2) is 18.2 Å². The van der Waals surface area contributed by atoms with Crippen LogP contribution in [0, 0.1) is 6.92 Å². The van der Waals surface area contributed by atoms with E-state index in [0.717, 1.165) is 6.07 Å². The van der Waals surface area contributed by atoms with E-state index in [1.807, 2.05) is 0 Å². The fourth-order valence-electron chi connectivity index (χ4n) is 1.16. The number of carbonyl (C=O) groups is 1. The molecule has 0 aromatic heterocycles. The highest BCUT2D eigenvalue weighted by atomic mass is 19.3. The Morgan fingerprint density at radius 1 is 1.46 bits per heavy atom. The molecule has 0 saturated heterocycles. The third-order valence-corrected chi connectivity index (χ3v) is 1.75. The first-order valence-corrected chi connectivity index (χ1v) is 3.65. The van der Waals surface area contributed by atoms with Crippen LogP contribution in [0.5, 0.6) is 0 Å². The number of halogens is 2. The van der Waals surface area contributed by atoms with Gasteiger partial charge in [-0.2, -0.15) is 0 Å². The van der Waals surface area contributed by atoms with Gasteiger partial charge >= 0.3 is 5.97 Å². The van der Waals surface area contributed by atoms with Crippen molar-refractivity contribution in [1.82, 2.24) is 0 Å². The van der Waals surface area contributed by atoms with E-state index in [-0.39, 0.29) is 5.56 Å². The van der Waals surface area contributed by atoms with Gasteiger partial charge < -0.3 is 5.11 Å². The summed E-state index contributed by atoms with van der Waals surface area (Å²) in [5.74, 6) is -1.31. The molecule has 0 unspecified atom stereocenters. The van der Waals surface area contributed by atoms with Crippen LogP contribution < -0.4 is 0 Å². The summed E-state index contributed by atoms with van der Waals surface area (Å²) in [7, 11) is 0. The largest absolute Gasteiger partial charge is 0.478 e. The fraction of sp³-hybridized carbons (Fsp3) is 0.222. The van der Waals surface area contributed by atoms with Gasteiger partial charge in [-0.1, -0.05) is 18.2 Å². The van der Waals surface area contributed by atoms with Gasteiger partial charge in [0.1, 0.15) is 0 Å². The Balaban J connectivity index is 3.34. The molecule has 1 aromatic rings. The molecule has 0 aliphatic rings. The van der Waals surface area contributed by atoms with Gasteiger partial charge in [-0.05, 0) is 12.5 Å². The lowest BCUT2D eigenvalue weighted by molar-refractivity contribution is 0.0683. The van der Waals surface area contributed by atoms with Crippen molar-refractivity contribution in [3.05, 3.63) is 34.9 Å². The minimum Gasteiger partial charge on any atom is -0.478 e. The summed E-state index contributed by atoms with van der Waals surface area (Å²) in [5, 5.41) is 8.66. The van der Waals surface area contributed by atoms with Gasteiger partial charge in [-0.15, -0.1) is 0 Å². The molecule has 0 heterocycles. The van der Waals surface area contributed by atoms with E-state index in [2.05, 4.69) is 0 Å². The van der Waals surface area contributed by atoms with Gasteiger partial charge in [-0.3, -0.25) is 0 Å². The van der Waals surface area contributed by atoms with Crippen LogP contribution in [-0.2, 0) is 0 Å². The zero-order chi connectivity index (χ0) is 10.0. The number of benzene rings is 1. The topological polar surface area (TPSA) is 37.3 Å². The van der Waals surface area contributed by atoms with Crippen LogP contribution >= 0.6 is 0 Å². The van der Waals surface area contributed by atoms with Crippen molar-refractivity contribution in [3.8, 4) is 0 Å². The first-order chi connectivity index (χ1) is 6.04. The lowest BCUT2D eigenvalue weighted by Gasteiger charge is -2.06. The van der Waals surface area contributed by atoms with E-state index in [9.17, 15) is 13.6 Å². The van der Waals surface area contributed by atoms with E-state index >= 15 is 0 Å². The number of carboxylic acids is 1. The second-order valence-corrected chi connectivity index (χ2v) is 2.64. The summed E-state index contributed by atoms with van der Waals surface area (Å²) in [4.78, 5) is 10.6. The van der Waals surface area contributed by atoms with Crippen LogP contribution in [-0.4, -0.2) is 11.1 Å². The maximum absolute atomic E-state index is 12.3. The molecule has 1 rings (SSSR count). The number of carboxylic acid groups (broad SMARTS) is 1. The highest BCUT2D eigenvalue weighted by Gasteiger charge is 2.18. The molecule has 1 aromatic carbocycles. The average Bonchev–Trinajstić information content (AvgIpc) is 2.02. The normalized spacial score (nSPS) is 10.5. The molecule has 70 valence electrons. The van der Waals surface area contributed by atoms with Crippen molar-refractivity contribution in [2.45, 2.75) is 13.3 Å². The fourth-order valence-corrected chi connectivity index (χ4v) is 1.16. The summed E-state index contributed by atoms with van der Waals surface area (Å²) in [6, 6.07) is 4.04. The first-order valence-electron chi connectivity index (χ1n) is 3.65. The van der Waals surface area contributed by atoms with Gasteiger partial charge in [0.05, 0.1) is 5.56 Å². The lowest BCUT2D eigenvalue weighted by Crippen LogP contribution is -2.05. The predicted molar refractivity (Wildman–Crippen MR) is 43.1 cm³/mol. The monoisotopic (exact) mass is 186 g/mol. The third kappa shape index (κ3) is 1.83. The zero-order valence-electron chi connectivity index (χ0n) is 6.92. The van der Waals surface area contributed by atoms with Crippen LogP contribution in [0.1, 0.15) is 27.9 Å². The summed E-state index contributed by atoms with van der Waals surface area (Å²) in [6.45, 7) is 1.50. The second kappa shape index (κ2) is 3.51.